The monoisotopic (exact) mass is 609 g/mol. The Kier molecular flexibility index (Phi) is 8.17. The van der Waals surface area contributed by atoms with E-state index in [1.807, 2.05) is 0 Å². The van der Waals surface area contributed by atoms with Crippen molar-refractivity contribution in [3.63, 3.8) is 0 Å². The lowest BCUT2D eigenvalue weighted by Crippen LogP contribution is -2.49. The topological polar surface area (TPSA) is 126 Å². The van der Waals surface area contributed by atoms with Crippen molar-refractivity contribution in [3.05, 3.63) is 137 Å². The molecule has 0 saturated carbocycles. The number of nitrogens with zero attached hydrogens (tertiary/aromatic N) is 1. The number of hydrogen-bond donors (Lipinski definition) is 0. The van der Waals surface area contributed by atoms with Crippen LogP contribution in [-0.2, 0) is 23.7 Å². The Morgan fingerprint density at radius 2 is 1.20 bits per heavy atom. The fraction of sp³-hybridized carbons (Fsp3) is 0.147. The summed E-state index contributed by atoms with van der Waals surface area (Å²) in [5.41, 5.74) is 0.353. The lowest BCUT2D eigenvalue weighted by atomic mass is 10.1. The van der Waals surface area contributed by atoms with Crippen LogP contribution in [0.2, 0.25) is 0 Å². The minimum Gasteiger partial charge on any atom is -0.459 e. The van der Waals surface area contributed by atoms with Gasteiger partial charge < -0.3 is 18.9 Å². The molecule has 4 aromatic carbocycles. The zero-order chi connectivity index (χ0) is 31.5. The van der Waals surface area contributed by atoms with Gasteiger partial charge in [0.15, 0.2) is 18.4 Å². The van der Waals surface area contributed by atoms with E-state index in [1.54, 1.807) is 66.7 Å². The van der Waals surface area contributed by atoms with E-state index in [4.69, 9.17) is 18.9 Å². The Balaban J connectivity index is 1.38. The minimum absolute atomic E-state index is 0.00669. The second-order valence-corrected chi connectivity index (χ2v) is 10.2. The largest absolute Gasteiger partial charge is 0.459 e. The average Bonchev–Trinajstić information content (AvgIpc) is 3.52. The van der Waals surface area contributed by atoms with Crippen molar-refractivity contribution in [2.45, 2.75) is 24.5 Å². The first kappa shape index (κ1) is 29.4. The number of amides is 1. The number of esters is 3. The molecule has 1 amide bonds. The molecule has 0 aromatic heterocycles. The first-order valence-corrected chi connectivity index (χ1v) is 13.9. The smallest absolute Gasteiger partial charge is 0.338 e. The number of Topliss-reactive ketones (excluding diaryl/α,β-unsaturated/α-hetero) is 1. The van der Waals surface area contributed by atoms with E-state index in [9.17, 15) is 28.4 Å². The molecule has 2 aliphatic heterocycles. The fourth-order valence-corrected chi connectivity index (χ4v) is 5.15. The highest BCUT2D eigenvalue weighted by molar-refractivity contribution is 6.52. The van der Waals surface area contributed by atoms with Crippen LogP contribution < -0.4 is 4.90 Å². The summed E-state index contributed by atoms with van der Waals surface area (Å²) in [5, 5.41) is 0. The summed E-state index contributed by atoms with van der Waals surface area (Å²) in [6.45, 7) is -0.484. The fourth-order valence-electron chi connectivity index (χ4n) is 5.15. The molecule has 226 valence electrons. The molecule has 45 heavy (non-hydrogen) atoms. The molecule has 0 spiro atoms. The summed E-state index contributed by atoms with van der Waals surface area (Å²) < 4.78 is 37.4. The Morgan fingerprint density at radius 3 is 1.76 bits per heavy atom. The SMILES string of the molecule is O=C(OC[C@H]1O[C@@H](N2C(=O)C(=O)c3cc(F)ccc32)[C@H](OC(=O)c2ccccc2)[C@@H]1OC(=O)c1ccccc1)c1ccccc1. The Morgan fingerprint density at radius 1 is 0.689 bits per heavy atom. The van der Waals surface area contributed by atoms with Crippen LogP contribution in [0.25, 0.3) is 0 Å². The molecule has 0 unspecified atom stereocenters. The van der Waals surface area contributed by atoms with E-state index in [0.29, 0.717) is 0 Å². The standard InChI is InChI=1S/C34H24FNO9/c35-23-16-17-25-24(18-23)27(37)30(38)36(25)31-29(45-34(41)22-14-8-3-9-15-22)28(44-33(40)21-12-6-2-7-13-21)26(43-31)19-42-32(39)20-10-4-1-5-11-20/h1-18,26,28-29,31H,19H2/t26-,28-,29-,31-/m1/s1. The highest BCUT2D eigenvalue weighted by Crippen LogP contribution is 2.38. The number of hydrogen-bond acceptors (Lipinski definition) is 9. The molecule has 11 heteroatoms. The van der Waals surface area contributed by atoms with Crippen molar-refractivity contribution >= 4 is 35.3 Å². The van der Waals surface area contributed by atoms with Crippen LogP contribution in [0.1, 0.15) is 41.4 Å². The number of ether oxygens (including phenoxy) is 4. The van der Waals surface area contributed by atoms with Gasteiger partial charge in [0, 0.05) is 0 Å². The van der Waals surface area contributed by atoms with Crippen LogP contribution in [0.5, 0.6) is 0 Å². The second-order valence-electron chi connectivity index (χ2n) is 10.2. The third kappa shape index (κ3) is 5.93. The summed E-state index contributed by atoms with van der Waals surface area (Å²) in [4.78, 5) is 66.6. The lowest BCUT2D eigenvalue weighted by Gasteiger charge is -2.29. The van der Waals surface area contributed by atoms with E-state index in [2.05, 4.69) is 0 Å². The molecule has 2 aliphatic rings. The number of halogens is 1. The highest BCUT2D eigenvalue weighted by Gasteiger charge is 2.56. The van der Waals surface area contributed by atoms with Gasteiger partial charge in [0.05, 0.1) is 27.9 Å². The molecule has 4 atom stereocenters. The average molecular weight is 610 g/mol. The van der Waals surface area contributed by atoms with Crippen LogP contribution in [0.15, 0.2) is 109 Å². The van der Waals surface area contributed by atoms with Crippen LogP contribution in [0.3, 0.4) is 0 Å². The number of ketones is 1. The van der Waals surface area contributed by atoms with Gasteiger partial charge in [-0.3, -0.25) is 14.5 Å². The molecule has 10 nitrogen and oxygen atoms in total. The summed E-state index contributed by atoms with van der Waals surface area (Å²) in [5.74, 6) is -5.17. The third-order valence-electron chi connectivity index (χ3n) is 7.31. The predicted octanol–water partition coefficient (Wildman–Crippen LogP) is 4.39. The van der Waals surface area contributed by atoms with Crippen LogP contribution in [-0.4, -0.2) is 60.7 Å². The Bertz CT molecular complexity index is 1760. The molecule has 1 saturated heterocycles. The van der Waals surface area contributed by atoms with Gasteiger partial charge in [0.25, 0.3) is 5.78 Å². The van der Waals surface area contributed by atoms with Crippen LogP contribution in [0.4, 0.5) is 10.1 Å². The van der Waals surface area contributed by atoms with Crippen molar-refractivity contribution < 1.29 is 47.3 Å². The van der Waals surface area contributed by atoms with Crippen LogP contribution >= 0.6 is 0 Å². The number of carbonyl (C=O) groups excluding carboxylic acids is 5. The van der Waals surface area contributed by atoms with Gasteiger partial charge in [0.2, 0.25) is 0 Å². The van der Waals surface area contributed by atoms with Crippen molar-refractivity contribution in [1.29, 1.82) is 0 Å². The number of fused-ring (bicyclic) bond motifs is 1. The molecule has 4 aromatic rings. The van der Waals surface area contributed by atoms with Crippen molar-refractivity contribution in [2.24, 2.45) is 0 Å². The quantitative estimate of drug-likeness (QED) is 0.162. The summed E-state index contributed by atoms with van der Waals surface area (Å²) in [6, 6.07) is 27.2. The number of anilines is 1. The van der Waals surface area contributed by atoms with Gasteiger partial charge in [-0.1, -0.05) is 54.6 Å². The molecule has 2 heterocycles. The van der Waals surface area contributed by atoms with Gasteiger partial charge in [-0.25, -0.2) is 18.8 Å². The van der Waals surface area contributed by atoms with E-state index in [-0.39, 0.29) is 27.9 Å². The van der Waals surface area contributed by atoms with Crippen molar-refractivity contribution in [2.75, 3.05) is 11.5 Å². The van der Waals surface area contributed by atoms with E-state index >= 15 is 0 Å². The van der Waals surface area contributed by atoms with Crippen LogP contribution in [0, 0.1) is 5.82 Å². The van der Waals surface area contributed by atoms with Gasteiger partial charge in [-0.15, -0.1) is 0 Å². The lowest BCUT2D eigenvalue weighted by molar-refractivity contribution is -0.118. The summed E-state index contributed by atoms with van der Waals surface area (Å²) >= 11 is 0. The minimum atomic E-state index is -1.53. The molecule has 0 radical (unpaired) electrons. The maximum Gasteiger partial charge on any atom is 0.338 e. The summed E-state index contributed by atoms with van der Waals surface area (Å²) in [6.07, 6.45) is -5.74. The van der Waals surface area contributed by atoms with E-state index in [1.165, 1.54) is 30.3 Å². The maximum absolute atomic E-state index is 14.1. The normalized spacial score (nSPS) is 20.4. The van der Waals surface area contributed by atoms with Gasteiger partial charge in [0.1, 0.15) is 18.5 Å². The first-order valence-electron chi connectivity index (χ1n) is 13.9. The zero-order valence-corrected chi connectivity index (χ0v) is 23.4. The highest BCUT2D eigenvalue weighted by atomic mass is 19.1. The predicted molar refractivity (Wildman–Crippen MR) is 155 cm³/mol. The van der Waals surface area contributed by atoms with Gasteiger partial charge in [-0.05, 0) is 54.6 Å². The summed E-state index contributed by atoms with van der Waals surface area (Å²) in [7, 11) is 0. The zero-order valence-electron chi connectivity index (χ0n) is 23.4. The number of rotatable bonds is 8. The van der Waals surface area contributed by atoms with Gasteiger partial charge in [-0.2, -0.15) is 0 Å². The Hall–Kier alpha value is -5.68. The molecule has 0 aliphatic carbocycles. The first-order chi connectivity index (χ1) is 21.8. The molecular formula is C34H24FNO9. The number of benzene rings is 4. The van der Waals surface area contributed by atoms with E-state index < -0.39 is 66.6 Å². The van der Waals surface area contributed by atoms with Crippen molar-refractivity contribution in [3.8, 4) is 0 Å². The molecule has 6 rings (SSSR count). The maximum atomic E-state index is 14.1. The van der Waals surface area contributed by atoms with Gasteiger partial charge >= 0.3 is 23.8 Å². The number of carbonyl (C=O) groups is 5. The Labute approximate surface area is 255 Å². The van der Waals surface area contributed by atoms with Crippen molar-refractivity contribution in [1.82, 2.24) is 0 Å². The molecular weight excluding hydrogens is 585 g/mol. The van der Waals surface area contributed by atoms with E-state index in [0.717, 1.165) is 17.0 Å². The third-order valence-corrected chi connectivity index (χ3v) is 7.31. The second kappa shape index (κ2) is 12.5. The molecule has 0 bridgehead atoms. The molecule has 0 N–H and O–H groups in total. The molecule has 1 fully saturated rings.